The molecule has 0 amide bonds. The fraction of sp³-hybridized carbons (Fsp3) is 0.875. The van der Waals surface area contributed by atoms with Crippen molar-refractivity contribution in [1.82, 2.24) is 4.90 Å². The SMILES string of the molecule is O=C(O)[C@@]1(O)CN2CCC1CC2. The van der Waals surface area contributed by atoms with Gasteiger partial charge in [-0.15, -0.1) is 0 Å². The van der Waals surface area contributed by atoms with Crippen LogP contribution >= 0.6 is 0 Å². The van der Waals surface area contributed by atoms with Crippen LogP contribution in [-0.4, -0.2) is 46.3 Å². The van der Waals surface area contributed by atoms with E-state index in [-0.39, 0.29) is 5.92 Å². The van der Waals surface area contributed by atoms with Crippen molar-refractivity contribution in [2.24, 2.45) is 5.92 Å². The van der Waals surface area contributed by atoms with Gasteiger partial charge in [0.1, 0.15) is 0 Å². The van der Waals surface area contributed by atoms with Crippen molar-refractivity contribution in [3.63, 3.8) is 0 Å². The molecule has 2 N–H and O–H groups in total. The summed E-state index contributed by atoms with van der Waals surface area (Å²) in [7, 11) is 0. The molecule has 3 aliphatic heterocycles. The molecule has 0 aliphatic carbocycles. The zero-order valence-electron chi connectivity index (χ0n) is 6.86. The fourth-order valence-corrected chi connectivity index (χ4v) is 2.28. The van der Waals surface area contributed by atoms with Crippen LogP contribution in [0.3, 0.4) is 0 Å². The number of carboxylic acid groups (broad SMARTS) is 1. The number of rotatable bonds is 1. The van der Waals surface area contributed by atoms with E-state index in [1.54, 1.807) is 0 Å². The average molecular weight is 171 g/mol. The minimum atomic E-state index is -1.46. The molecule has 0 aromatic rings. The van der Waals surface area contributed by atoms with E-state index in [0.29, 0.717) is 6.54 Å². The number of fused-ring (bicyclic) bond motifs is 3. The lowest BCUT2D eigenvalue weighted by atomic mass is 9.75. The lowest BCUT2D eigenvalue weighted by molar-refractivity contribution is -0.180. The first-order valence-electron chi connectivity index (χ1n) is 4.31. The van der Waals surface area contributed by atoms with Gasteiger partial charge in [-0.25, -0.2) is 4.79 Å². The van der Waals surface area contributed by atoms with E-state index < -0.39 is 11.6 Å². The third kappa shape index (κ3) is 0.949. The van der Waals surface area contributed by atoms with Gasteiger partial charge < -0.3 is 10.2 Å². The Balaban J connectivity index is 2.22. The van der Waals surface area contributed by atoms with Gasteiger partial charge in [0, 0.05) is 12.5 Å². The van der Waals surface area contributed by atoms with E-state index >= 15 is 0 Å². The fourth-order valence-electron chi connectivity index (χ4n) is 2.28. The first kappa shape index (κ1) is 8.01. The summed E-state index contributed by atoms with van der Waals surface area (Å²) in [5.74, 6) is -1.09. The highest BCUT2D eigenvalue weighted by atomic mass is 16.4. The van der Waals surface area contributed by atoms with Crippen LogP contribution in [-0.2, 0) is 4.79 Å². The van der Waals surface area contributed by atoms with Crippen molar-refractivity contribution in [2.45, 2.75) is 18.4 Å². The van der Waals surface area contributed by atoms with Gasteiger partial charge in [-0.3, -0.25) is 4.90 Å². The predicted octanol–water partition coefficient (Wildman–Crippen LogP) is -0.472. The predicted molar refractivity (Wildman–Crippen MR) is 41.7 cm³/mol. The Morgan fingerprint density at radius 1 is 1.42 bits per heavy atom. The van der Waals surface area contributed by atoms with Crippen LogP contribution in [0, 0.1) is 5.92 Å². The second-order valence-corrected chi connectivity index (χ2v) is 3.78. The number of carbonyl (C=O) groups is 1. The molecule has 12 heavy (non-hydrogen) atoms. The Bertz CT molecular complexity index is 210. The Morgan fingerprint density at radius 3 is 2.25 bits per heavy atom. The Labute approximate surface area is 70.8 Å². The molecule has 3 fully saturated rings. The van der Waals surface area contributed by atoms with Gasteiger partial charge in [0.2, 0.25) is 0 Å². The Hall–Kier alpha value is -0.610. The molecule has 3 aliphatic rings. The van der Waals surface area contributed by atoms with Crippen LogP contribution in [0.15, 0.2) is 0 Å². The molecule has 2 bridgehead atoms. The molecule has 1 atom stereocenters. The van der Waals surface area contributed by atoms with Gasteiger partial charge in [0.25, 0.3) is 0 Å². The summed E-state index contributed by atoms with van der Waals surface area (Å²) in [6, 6.07) is 0. The first-order chi connectivity index (χ1) is 5.63. The molecule has 3 heterocycles. The molecular weight excluding hydrogens is 158 g/mol. The number of aliphatic hydroxyl groups is 1. The van der Waals surface area contributed by atoms with Crippen LogP contribution in [0.5, 0.6) is 0 Å². The lowest BCUT2D eigenvalue weighted by Gasteiger charge is -2.47. The third-order valence-electron chi connectivity index (χ3n) is 3.10. The quantitative estimate of drug-likeness (QED) is 0.560. The lowest BCUT2D eigenvalue weighted by Crippen LogP contribution is -2.62. The van der Waals surface area contributed by atoms with Gasteiger partial charge in [0.05, 0.1) is 0 Å². The number of aliphatic carboxylic acids is 1. The Kier molecular flexibility index (Phi) is 1.63. The largest absolute Gasteiger partial charge is 0.479 e. The van der Waals surface area contributed by atoms with Crippen LogP contribution in [0.4, 0.5) is 0 Å². The third-order valence-corrected chi connectivity index (χ3v) is 3.10. The normalized spacial score (nSPS) is 46.1. The van der Waals surface area contributed by atoms with E-state index in [4.69, 9.17) is 5.11 Å². The molecular formula is C8H13NO3. The molecule has 0 spiro atoms. The standard InChI is InChI=1S/C8H13NO3/c10-7(11)8(12)5-9-3-1-6(8)2-4-9/h6,12H,1-5H2,(H,10,11)/t8-/m1/s1. The first-order valence-corrected chi connectivity index (χ1v) is 4.31. The summed E-state index contributed by atoms with van der Waals surface area (Å²) in [6.45, 7) is 2.20. The molecule has 0 aromatic carbocycles. The number of hydrogen-bond donors (Lipinski definition) is 2. The summed E-state index contributed by atoms with van der Waals surface area (Å²) >= 11 is 0. The minimum Gasteiger partial charge on any atom is -0.479 e. The van der Waals surface area contributed by atoms with Crippen molar-refractivity contribution in [3.8, 4) is 0 Å². The van der Waals surface area contributed by atoms with E-state index in [9.17, 15) is 9.90 Å². The molecule has 0 radical (unpaired) electrons. The maximum Gasteiger partial charge on any atom is 0.337 e. The molecule has 0 aromatic heterocycles. The van der Waals surface area contributed by atoms with E-state index in [1.807, 2.05) is 4.90 Å². The average Bonchev–Trinajstić information content (AvgIpc) is 2.05. The number of hydrogen-bond acceptors (Lipinski definition) is 3. The second kappa shape index (κ2) is 2.44. The zero-order valence-corrected chi connectivity index (χ0v) is 6.86. The van der Waals surface area contributed by atoms with E-state index in [0.717, 1.165) is 25.9 Å². The van der Waals surface area contributed by atoms with Crippen molar-refractivity contribution in [1.29, 1.82) is 0 Å². The molecule has 4 heteroatoms. The van der Waals surface area contributed by atoms with E-state index in [2.05, 4.69) is 0 Å². The van der Waals surface area contributed by atoms with Crippen molar-refractivity contribution >= 4 is 5.97 Å². The van der Waals surface area contributed by atoms with Crippen LogP contribution in [0.25, 0.3) is 0 Å². The maximum absolute atomic E-state index is 10.8. The zero-order chi connectivity index (χ0) is 8.77. The summed E-state index contributed by atoms with van der Waals surface area (Å²) in [4.78, 5) is 12.8. The topological polar surface area (TPSA) is 60.8 Å². The monoisotopic (exact) mass is 171 g/mol. The Morgan fingerprint density at radius 2 is 2.00 bits per heavy atom. The molecule has 3 saturated heterocycles. The van der Waals surface area contributed by atoms with Crippen molar-refractivity contribution in [3.05, 3.63) is 0 Å². The molecule has 4 nitrogen and oxygen atoms in total. The molecule has 68 valence electrons. The van der Waals surface area contributed by atoms with Crippen LogP contribution in [0.2, 0.25) is 0 Å². The van der Waals surface area contributed by atoms with Crippen molar-refractivity contribution in [2.75, 3.05) is 19.6 Å². The molecule has 0 unspecified atom stereocenters. The van der Waals surface area contributed by atoms with Crippen molar-refractivity contribution < 1.29 is 15.0 Å². The number of nitrogens with zero attached hydrogens (tertiary/aromatic N) is 1. The van der Waals surface area contributed by atoms with Gasteiger partial charge >= 0.3 is 5.97 Å². The highest BCUT2D eigenvalue weighted by Gasteiger charge is 2.50. The number of carboxylic acids is 1. The highest BCUT2D eigenvalue weighted by Crippen LogP contribution is 2.35. The second-order valence-electron chi connectivity index (χ2n) is 3.78. The van der Waals surface area contributed by atoms with Gasteiger partial charge in [-0.05, 0) is 25.9 Å². The summed E-state index contributed by atoms with van der Waals surface area (Å²) < 4.78 is 0. The maximum atomic E-state index is 10.8. The molecule has 0 saturated carbocycles. The highest BCUT2D eigenvalue weighted by molar-refractivity contribution is 5.78. The number of piperidine rings is 3. The molecule has 3 rings (SSSR count). The van der Waals surface area contributed by atoms with Crippen LogP contribution < -0.4 is 0 Å². The van der Waals surface area contributed by atoms with Gasteiger partial charge in [0.15, 0.2) is 5.60 Å². The minimum absolute atomic E-state index is 0.0278. The summed E-state index contributed by atoms with van der Waals surface area (Å²) in [5.41, 5.74) is -1.46. The van der Waals surface area contributed by atoms with Gasteiger partial charge in [-0.2, -0.15) is 0 Å². The van der Waals surface area contributed by atoms with Gasteiger partial charge in [-0.1, -0.05) is 0 Å². The van der Waals surface area contributed by atoms with E-state index in [1.165, 1.54) is 0 Å². The summed E-state index contributed by atoms with van der Waals surface area (Å²) in [5, 5.41) is 18.6. The van der Waals surface area contributed by atoms with Crippen LogP contribution in [0.1, 0.15) is 12.8 Å². The smallest absolute Gasteiger partial charge is 0.337 e. The summed E-state index contributed by atoms with van der Waals surface area (Å²) in [6.07, 6.45) is 1.64.